The van der Waals surface area contributed by atoms with Crippen LogP contribution in [0.1, 0.15) is 108 Å². The average Bonchev–Trinajstić information content (AvgIpc) is 1.70. The van der Waals surface area contributed by atoms with E-state index in [1.165, 1.54) is 19.4 Å². The zero-order valence-corrected chi connectivity index (χ0v) is 83.3. The number of nitrogens with one attached hydrogen (secondary N) is 2. The van der Waals surface area contributed by atoms with Crippen molar-refractivity contribution in [2.24, 2.45) is 5.92 Å². The molecule has 4 N–H and O–H groups in total. The summed E-state index contributed by atoms with van der Waals surface area (Å²) in [6, 6.07) is 59.6. The van der Waals surface area contributed by atoms with Crippen molar-refractivity contribution in [3.8, 4) is 52.2 Å². The first kappa shape index (κ1) is 109. The van der Waals surface area contributed by atoms with Crippen LogP contribution < -0.4 is 63.2 Å². The molecule has 7 atom stereocenters. The van der Waals surface area contributed by atoms with Gasteiger partial charge in [-0.3, -0.25) is 19.2 Å². The van der Waals surface area contributed by atoms with Crippen molar-refractivity contribution in [2.75, 3.05) is 184 Å². The van der Waals surface area contributed by atoms with Crippen LogP contribution in [-0.4, -0.2) is 263 Å². The maximum atomic E-state index is 13.6. The molecule has 0 spiro atoms. The number of morpholine rings is 1. The predicted molar refractivity (Wildman–Crippen MR) is 529 cm³/mol. The van der Waals surface area contributed by atoms with Crippen LogP contribution in [0.2, 0.25) is 0 Å². The normalized spacial score (nSPS) is 16.2. The Labute approximate surface area is 799 Å². The highest BCUT2D eigenvalue weighted by Gasteiger charge is 2.43. The number of aromatic nitrogens is 2. The van der Waals surface area contributed by atoms with Gasteiger partial charge in [0.15, 0.2) is 35.2 Å². The van der Waals surface area contributed by atoms with E-state index in [4.69, 9.17) is 52.1 Å². The molecule has 0 aliphatic carbocycles. The number of aliphatic hydroxyl groups is 2. The van der Waals surface area contributed by atoms with Gasteiger partial charge in [-0.2, -0.15) is 9.64 Å². The van der Waals surface area contributed by atoms with Crippen molar-refractivity contribution in [3.05, 3.63) is 198 Å². The molecule has 1 saturated heterocycles. The first-order chi connectivity index (χ1) is 62.8. The van der Waals surface area contributed by atoms with Gasteiger partial charge in [-0.05, 0) is 194 Å². The molecule has 4 heterocycles. The Balaban J connectivity index is 0.000000228. The van der Waals surface area contributed by atoms with Gasteiger partial charge in [-0.1, -0.05) is 125 Å². The largest absolute Gasteiger partial charge is 0.497 e. The van der Waals surface area contributed by atoms with Gasteiger partial charge in [0.1, 0.15) is 42.7 Å². The molecule has 0 radical (unpaired) electrons. The first-order valence-corrected chi connectivity index (χ1v) is 46.6. The van der Waals surface area contributed by atoms with E-state index in [1.807, 2.05) is 196 Å². The van der Waals surface area contributed by atoms with Crippen molar-refractivity contribution in [2.45, 2.75) is 143 Å². The number of rotatable bonds is 37. The van der Waals surface area contributed by atoms with Crippen LogP contribution in [0.5, 0.6) is 46.1 Å². The van der Waals surface area contributed by atoms with Crippen LogP contribution in [0, 0.1) is 17.2 Å². The maximum absolute atomic E-state index is 13.6. The minimum absolute atomic E-state index is 0. The van der Waals surface area contributed by atoms with Crippen LogP contribution in [0.3, 0.4) is 0 Å². The average molecular weight is 1900 g/mol. The monoisotopic (exact) mass is 1890 g/mol. The number of fused-ring (bicyclic) bond motifs is 3. The van der Waals surface area contributed by atoms with Gasteiger partial charge in [-0.15, -0.1) is 40.3 Å². The van der Waals surface area contributed by atoms with E-state index >= 15 is 0 Å². The summed E-state index contributed by atoms with van der Waals surface area (Å²) in [7, 11) is 19.8. The number of likely N-dealkylation sites (N-methyl/N-ethyl adjacent to an activating group) is 3. The third-order valence-electron chi connectivity index (χ3n) is 21.8. The summed E-state index contributed by atoms with van der Waals surface area (Å²) in [6.45, 7) is 25.9. The van der Waals surface area contributed by atoms with Crippen LogP contribution >= 0.6 is 47.7 Å². The second kappa shape index (κ2) is 54.9. The number of aliphatic hydroxyl groups excluding tert-OH is 2. The first-order valence-electron chi connectivity index (χ1n) is 44.1. The molecule has 718 valence electrons. The lowest BCUT2D eigenvalue weighted by atomic mass is 9.69. The lowest BCUT2D eigenvalue weighted by molar-refractivity contribution is -0.153. The van der Waals surface area contributed by atoms with E-state index < -0.39 is 41.8 Å². The van der Waals surface area contributed by atoms with Crippen LogP contribution in [-0.2, 0) is 45.2 Å². The van der Waals surface area contributed by atoms with Gasteiger partial charge >= 0.3 is 11.9 Å². The molecule has 0 saturated carbocycles. The maximum Gasteiger partial charge on any atom is 0.303 e. The number of nitriles is 1. The quantitative estimate of drug-likeness (QED) is 0.0263. The van der Waals surface area contributed by atoms with E-state index in [0.29, 0.717) is 82.5 Å². The van der Waals surface area contributed by atoms with Crippen LogP contribution in [0.25, 0.3) is 10.8 Å². The van der Waals surface area contributed by atoms with E-state index in [2.05, 4.69) is 109 Å². The fourth-order valence-electron chi connectivity index (χ4n) is 14.5. The Morgan fingerprint density at radius 3 is 1.56 bits per heavy atom. The zero-order valence-electron chi connectivity index (χ0n) is 80.1. The highest BCUT2D eigenvalue weighted by atomic mass is 35.5. The van der Waals surface area contributed by atoms with E-state index in [9.17, 15) is 34.7 Å². The third-order valence-corrected chi connectivity index (χ3v) is 25.1. The smallest absolute Gasteiger partial charge is 0.303 e. The predicted octanol–water partition coefficient (Wildman–Crippen LogP) is 15.3. The minimum Gasteiger partial charge on any atom is -0.497 e. The highest BCUT2D eigenvalue weighted by molar-refractivity contribution is 8.00. The molecule has 12 rings (SSSR count). The molecular formula is C100H136ClN11O17S3. The molecule has 3 aliphatic heterocycles. The number of ether oxygens (including phenoxy) is 11. The fourth-order valence-corrected chi connectivity index (χ4v) is 17.7. The van der Waals surface area contributed by atoms with Gasteiger partial charge in [0, 0.05) is 99.5 Å². The van der Waals surface area contributed by atoms with E-state index in [0.717, 1.165) is 140 Å². The summed E-state index contributed by atoms with van der Waals surface area (Å²) < 4.78 is 68.4. The fraction of sp³-hybridized carbons (Fsp3) is 0.470. The molecule has 1 aromatic heterocycles. The van der Waals surface area contributed by atoms with Crippen LogP contribution in [0.4, 0.5) is 17.2 Å². The molecule has 2 unspecified atom stereocenters. The van der Waals surface area contributed by atoms with Gasteiger partial charge in [0.25, 0.3) is 17.7 Å². The van der Waals surface area contributed by atoms with E-state index in [1.54, 1.807) is 76.0 Å². The van der Waals surface area contributed by atoms with Crippen molar-refractivity contribution in [1.29, 1.82) is 5.26 Å². The summed E-state index contributed by atoms with van der Waals surface area (Å²) in [5, 5.41) is 38.0. The number of carbonyl (C=O) groups excluding carboxylic acids is 4. The second-order valence-electron chi connectivity index (χ2n) is 34.0. The van der Waals surface area contributed by atoms with Gasteiger partial charge in [0.2, 0.25) is 5.82 Å². The molecule has 2 amide bonds. The number of carbonyl (C=O) groups is 4. The number of esters is 2. The summed E-state index contributed by atoms with van der Waals surface area (Å²) in [6.07, 6.45) is -0.300. The van der Waals surface area contributed by atoms with Crippen molar-refractivity contribution in [1.82, 2.24) is 34.1 Å². The third kappa shape index (κ3) is 32.9. The summed E-state index contributed by atoms with van der Waals surface area (Å²) >= 11 is 4.21. The highest BCUT2D eigenvalue weighted by Crippen LogP contribution is 2.49. The number of amides is 2. The number of halogens is 1. The zero-order chi connectivity index (χ0) is 95.3. The molecule has 0 bridgehead atoms. The summed E-state index contributed by atoms with van der Waals surface area (Å²) in [5.41, 5.74) is 5.07. The number of hydrogen-bond donors (Lipinski definition) is 4. The number of hydrogen-bond acceptors (Lipinski definition) is 29. The summed E-state index contributed by atoms with van der Waals surface area (Å²) in [5.74, 6) is 5.16. The van der Waals surface area contributed by atoms with Crippen LogP contribution in [0.15, 0.2) is 186 Å². The van der Waals surface area contributed by atoms with Crippen molar-refractivity contribution in [3.63, 3.8) is 0 Å². The Morgan fingerprint density at radius 2 is 1.07 bits per heavy atom. The number of thioether (sulfide) groups is 2. The second-order valence-corrected chi connectivity index (χ2v) is 36.8. The molecular weight excluding hydrogens is 1760 g/mol. The molecule has 32 heteroatoms. The minimum atomic E-state index is -0.916. The number of methoxy groups -OCH3 is 6. The number of β-amino-alcohol motifs (C(OH)–C–C–N with tert-alkyl or cyclic N) is 1. The number of anilines is 3. The SMILES string of the molecule is CC(C)(C)NC[C@H](O)COc1nsnc1N1CCOCC1.CC(C)NCC(O)COc1cccc2ccccc12.COc1ccc(CCN(C)CCCC(C#N)(c2ccc(OC)c(OC)c2)C(C)C)cc1OC.COc1ccc([C@@H]2Sc3ccccc3N(CCN(C)C)C(=O)[C@@H]2OC(C)=O)cc1.COc1ccc([C@@H]2Sc3ccccc3N(CCN(C)C)C(=O)[C@@H]2OC(C)=O)cc1.Cl. The van der Waals surface area contributed by atoms with Crippen molar-refractivity contribution < 1.29 is 81.5 Å². The number of para-hydroxylation sites is 2. The molecule has 132 heavy (non-hydrogen) atoms. The Bertz CT molecular complexity index is 4910. The topological polar surface area (TPSA) is 303 Å². The number of benzene rings is 8. The molecule has 8 aromatic carbocycles. The van der Waals surface area contributed by atoms with Gasteiger partial charge < -0.3 is 102 Å². The Kier molecular flexibility index (Phi) is 45.2. The Hall–Kier alpha value is -10.2. The van der Waals surface area contributed by atoms with Gasteiger partial charge in [-0.25, -0.2) is 0 Å². The summed E-state index contributed by atoms with van der Waals surface area (Å²) in [4.78, 5) is 64.7. The Morgan fingerprint density at radius 1 is 0.576 bits per heavy atom. The van der Waals surface area contributed by atoms with E-state index in [-0.39, 0.29) is 52.8 Å². The standard InChI is InChI=1S/C27H38N2O4.2C22H26N2O4S.C16H21NO2.C13H24N4O3S.ClH/c1-20(2)27(19-28,22-10-12-24(31-5)26(18-22)33-7)14-8-15-29(3)16-13-21-9-11-23(30-4)25(17-21)32-6;2*1-15(25)28-20-21(16-9-11-17(27-4)12-10-16)29-19-8-6-5-7-18(19)24(22(20)26)14-13-23(2)3;1-12(2)17-10-14(18)11-19-16-9-5-7-13-6-3-4-8-15(13)16;1-13(2,3)14-8-10(18)9-20-12-11(15-21-16-12)17-4-6-19-7-5-17;/h9-12,17-18,20H,8,13-16H2,1-7H3;2*5-12,20-21H,13-14H2,1-4H3;3-9,12,14,17-18H,10-11H2,1-2H3;10,14,18H,4-9H2,1-3H3;1H/t;2*20-,21+;;10-;/m.11.0./s1. The molecule has 9 aromatic rings. The van der Waals surface area contributed by atoms with Gasteiger partial charge in [0.05, 0.1) is 101 Å². The lowest BCUT2D eigenvalue weighted by Crippen LogP contribution is -2.45. The molecule has 1 fully saturated rings. The molecule has 3 aliphatic rings. The molecule has 28 nitrogen and oxygen atoms in total. The lowest BCUT2D eigenvalue weighted by Gasteiger charge is -2.32. The number of nitrogens with zero attached hydrogens (tertiary/aromatic N) is 9. The van der Waals surface area contributed by atoms with Crippen molar-refractivity contribution >= 4 is 99.4 Å².